The van der Waals surface area contributed by atoms with Crippen LogP contribution < -0.4 is 10.1 Å². The molecule has 0 radical (unpaired) electrons. The lowest BCUT2D eigenvalue weighted by Gasteiger charge is -2.08. The zero-order valence-corrected chi connectivity index (χ0v) is 15.8. The van der Waals surface area contributed by atoms with Gasteiger partial charge in [0.15, 0.2) is 9.84 Å². The van der Waals surface area contributed by atoms with E-state index in [0.29, 0.717) is 25.2 Å². The van der Waals surface area contributed by atoms with Crippen LogP contribution in [0.3, 0.4) is 0 Å². The molecule has 0 aliphatic carbocycles. The van der Waals surface area contributed by atoms with E-state index in [1.54, 1.807) is 23.9 Å². The van der Waals surface area contributed by atoms with E-state index in [9.17, 15) is 13.2 Å². The second-order valence-corrected chi connectivity index (χ2v) is 8.37. The van der Waals surface area contributed by atoms with Crippen molar-refractivity contribution < 1.29 is 17.9 Å². The minimum atomic E-state index is -3.20. The minimum Gasteiger partial charge on any atom is -0.494 e. The van der Waals surface area contributed by atoms with Crippen molar-refractivity contribution in [2.45, 2.75) is 22.6 Å². The number of nitrogens with one attached hydrogen (secondary N) is 1. The summed E-state index contributed by atoms with van der Waals surface area (Å²) in [7, 11) is -3.20. The summed E-state index contributed by atoms with van der Waals surface area (Å²) in [5.41, 5.74) is 0.786. The smallest absolute Gasteiger partial charge is 0.224 e. The first kappa shape index (κ1) is 19.3. The Morgan fingerprint density at radius 2 is 1.88 bits per heavy atom. The third-order valence-electron chi connectivity index (χ3n) is 3.42. The van der Waals surface area contributed by atoms with Gasteiger partial charge in [-0.05, 0) is 55.1 Å². The van der Waals surface area contributed by atoms with E-state index in [1.807, 2.05) is 30.5 Å². The first-order valence-electron chi connectivity index (χ1n) is 7.75. The number of hydrogen-bond donors (Lipinski definition) is 1. The fraction of sp³-hybridized carbons (Fsp3) is 0.278. The zero-order chi connectivity index (χ0) is 18.3. The summed E-state index contributed by atoms with van der Waals surface area (Å²) in [5, 5.41) is 2.86. The number of carbonyl (C=O) groups excluding carboxylic acids is 1. The van der Waals surface area contributed by atoms with E-state index in [-0.39, 0.29) is 10.8 Å². The predicted octanol–water partition coefficient (Wildman–Crippen LogP) is 3.61. The standard InChI is InChI=1S/C18H21NO4S2/c1-24-16-6-3-5-14(13-16)19-18(20)7-4-12-23-15-8-10-17(11-9-15)25(2,21)22/h3,5-6,8-11,13H,4,7,12H2,1-2H3,(H,19,20). The molecular formula is C18H21NO4S2. The molecule has 5 nitrogen and oxygen atoms in total. The number of hydrogen-bond acceptors (Lipinski definition) is 5. The highest BCUT2D eigenvalue weighted by Crippen LogP contribution is 2.19. The Kier molecular flexibility index (Phi) is 6.90. The quantitative estimate of drug-likeness (QED) is 0.560. The maximum absolute atomic E-state index is 11.9. The molecular weight excluding hydrogens is 358 g/mol. The Balaban J connectivity index is 1.74. The highest BCUT2D eigenvalue weighted by atomic mass is 32.2. The summed E-state index contributed by atoms with van der Waals surface area (Å²) >= 11 is 1.62. The normalized spacial score (nSPS) is 11.1. The van der Waals surface area contributed by atoms with Gasteiger partial charge in [0, 0.05) is 23.3 Å². The fourth-order valence-corrected chi connectivity index (χ4v) is 3.22. The zero-order valence-electron chi connectivity index (χ0n) is 14.2. The lowest BCUT2D eigenvalue weighted by molar-refractivity contribution is -0.116. The molecule has 2 aromatic carbocycles. The molecule has 1 N–H and O–H groups in total. The Morgan fingerprint density at radius 1 is 1.16 bits per heavy atom. The van der Waals surface area contributed by atoms with Crippen LogP contribution >= 0.6 is 11.8 Å². The first-order valence-corrected chi connectivity index (χ1v) is 10.9. The van der Waals surface area contributed by atoms with E-state index < -0.39 is 9.84 Å². The Labute approximate surface area is 152 Å². The van der Waals surface area contributed by atoms with Crippen LogP contribution in [0.2, 0.25) is 0 Å². The van der Waals surface area contributed by atoms with Gasteiger partial charge in [-0.3, -0.25) is 4.79 Å². The summed E-state index contributed by atoms with van der Waals surface area (Å²) in [6, 6.07) is 13.9. The first-order chi connectivity index (χ1) is 11.9. The second-order valence-electron chi connectivity index (χ2n) is 5.48. The van der Waals surface area contributed by atoms with Gasteiger partial charge in [0.2, 0.25) is 5.91 Å². The van der Waals surface area contributed by atoms with Crippen LogP contribution in [-0.2, 0) is 14.6 Å². The molecule has 0 aromatic heterocycles. The molecule has 1 amide bonds. The lowest BCUT2D eigenvalue weighted by atomic mass is 10.2. The van der Waals surface area contributed by atoms with Crippen molar-refractivity contribution in [3.63, 3.8) is 0 Å². The van der Waals surface area contributed by atoms with Gasteiger partial charge in [0.1, 0.15) is 5.75 Å². The fourth-order valence-electron chi connectivity index (χ4n) is 2.13. The largest absolute Gasteiger partial charge is 0.494 e. The average Bonchev–Trinajstić information content (AvgIpc) is 2.58. The molecule has 0 fully saturated rings. The van der Waals surface area contributed by atoms with Crippen LogP contribution in [0, 0.1) is 0 Å². The van der Waals surface area contributed by atoms with E-state index in [4.69, 9.17) is 4.74 Å². The molecule has 0 aliphatic rings. The highest BCUT2D eigenvalue weighted by Gasteiger charge is 2.07. The molecule has 0 saturated heterocycles. The van der Waals surface area contributed by atoms with Crippen molar-refractivity contribution in [2.24, 2.45) is 0 Å². The number of amides is 1. The van der Waals surface area contributed by atoms with Gasteiger partial charge in [-0.2, -0.15) is 0 Å². The Morgan fingerprint density at radius 3 is 2.52 bits per heavy atom. The van der Waals surface area contributed by atoms with Crippen molar-refractivity contribution in [3.05, 3.63) is 48.5 Å². The number of rotatable bonds is 8. The molecule has 0 spiro atoms. The van der Waals surface area contributed by atoms with Crippen LogP contribution in [0.25, 0.3) is 0 Å². The van der Waals surface area contributed by atoms with Gasteiger partial charge in [0.05, 0.1) is 11.5 Å². The van der Waals surface area contributed by atoms with Crippen LogP contribution in [0.15, 0.2) is 58.3 Å². The van der Waals surface area contributed by atoms with Crippen LogP contribution in [0.1, 0.15) is 12.8 Å². The van der Waals surface area contributed by atoms with Crippen molar-refractivity contribution in [1.82, 2.24) is 0 Å². The van der Waals surface area contributed by atoms with Gasteiger partial charge < -0.3 is 10.1 Å². The van der Waals surface area contributed by atoms with E-state index in [1.165, 1.54) is 12.1 Å². The molecule has 2 rings (SSSR count). The van der Waals surface area contributed by atoms with Crippen LogP contribution in [0.5, 0.6) is 5.75 Å². The number of thioether (sulfide) groups is 1. The summed E-state index contributed by atoms with van der Waals surface area (Å²) in [4.78, 5) is 13.3. The van der Waals surface area contributed by atoms with E-state index >= 15 is 0 Å². The summed E-state index contributed by atoms with van der Waals surface area (Å²) in [6.45, 7) is 0.385. The van der Waals surface area contributed by atoms with Gasteiger partial charge >= 0.3 is 0 Å². The van der Waals surface area contributed by atoms with Gasteiger partial charge in [-0.1, -0.05) is 6.07 Å². The molecule has 0 aliphatic heterocycles. The molecule has 2 aromatic rings. The predicted molar refractivity (Wildman–Crippen MR) is 101 cm³/mol. The molecule has 0 atom stereocenters. The van der Waals surface area contributed by atoms with Crippen molar-refractivity contribution >= 4 is 33.2 Å². The number of sulfone groups is 1. The molecule has 25 heavy (non-hydrogen) atoms. The molecule has 0 bridgehead atoms. The average molecular weight is 380 g/mol. The van der Waals surface area contributed by atoms with Gasteiger partial charge in [0.25, 0.3) is 0 Å². The third kappa shape index (κ3) is 6.43. The molecule has 134 valence electrons. The van der Waals surface area contributed by atoms with Crippen molar-refractivity contribution in [3.8, 4) is 5.75 Å². The SMILES string of the molecule is CSc1cccc(NC(=O)CCCOc2ccc(S(C)(=O)=O)cc2)c1. The molecule has 0 heterocycles. The number of ether oxygens (including phenoxy) is 1. The number of anilines is 1. The van der Waals surface area contributed by atoms with Crippen molar-refractivity contribution in [2.75, 3.05) is 24.4 Å². The number of benzene rings is 2. The maximum Gasteiger partial charge on any atom is 0.224 e. The monoisotopic (exact) mass is 379 g/mol. The minimum absolute atomic E-state index is 0.0609. The molecule has 7 heteroatoms. The van der Waals surface area contributed by atoms with E-state index in [0.717, 1.165) is 16.8 Å². The molecule has 0 saturated carbocycles. The maximum atomic E-state index is 11.9. The summed E-state index contributed by atoms with van der Waals surface area (Å²) in [5.74, 6) is 0.523. The molecule has 0 unspecified atom stereocenters. The van der Waals surface area contributed by atoms with Crippen LogP contribution in [0.4, 0.5) is 5.69 Å². The Bertz CT molecular complexity index is 817. The summed E-state index contributed by atoms with van der Waals surface area (Å²) < 4.78 is 28.3. The highest BCUT2D eigenvalue weighted by molar-refractivity contribution is 7.98. The summed E-state index contributed by atoms with van der Waals surface area (Å²) in [6.07, 6.45) is 4.07. The lowest BCUT2D eigenvalue weighted by Crippen LogP contribution is -2.12. The van der Waals surface area contributed by atoms with Crippen LogP contribution in [-0.4, -0.2) is 33.4 Å². The van der Waals surface area contributed by atoms with Gasteiger partial charge in [-0.25, -0.2) is 8.42 Å². The Hall–Kier alpha value is -1.99. The van der Waals surface area contributed by atoms with Gasteiger partial charge in [-0.15, -0.1) is 11.8 Å². The topological polar surface area (TPSA) is 72.5 Å². The van der Waals surface area contributed by atoms with E-state index in [2.05, 4.69) is 5.32 Å². The third-order valence-corrected chi connectivity index (χ3v) is 5.28. The second kappa shape index (κ2) is 8.92. The van der Waals surface area contributed by atoms with Crippen molar-refractivity contribution in [1.29, 1.82) is 0 Å². The number of carbonyl (C=O) groups is 1.